The van der Waals surface area contributed by atoms with Gasteiger partial charge in [0.15, 0.2) is 0 Å². The Morgan fingerprint density at radius 2 is 1.83 bits per heavy atom. The number of ether oxygens (including phenoxy) is 1. The van der Waals surface area contributed by atoms with E-state index in [2.05, 4.69) is 10.2 Å². The second-order valence-corrected chi connectivity index (χ2v) is 6.05. The van der Waals surface area contributed by atoms with Crippen molar-refractivity contribution in [1.29, 1.82) is 0 Å². The number of halogens is 3. The topological polar surface area (TPSA) is 24.5 Å². The Balaban J connectivity index is 1.66. The van der Waals surface area contributed by atoms with Gasteiger partial charge in [0, 0.05) is 6.54 Å². The van der Waals surface area contributed by atoms with Crippen LogP contribution in [-0.2, 0) is 6.18 Å². The number of piperidine rings is 1. The molecule has 3 nitrogen and oxygen atoms in total. The Hall–Kier alpha value is -1.27. The highest BCUT2D eigenvalue weighted by Gasteiger charge is 2.30. The highest BCUT2D eigenvalue weighted by Crippen LogP contribution is 2.30. The zero-order valence-electron chi connectivity index (χ0n) is 13.5. The lowest BCUT2D eigenvalue weighted by Gasteiger charge is -2.31. The molecule has 0 aliphatic carbocycles. The molecule has 1 N–H and O–H groups in total. The summed E-state index contributed by atoms with van der Waals surface area (Å²) in [6.07, 6.45) is -0.646. The van der Waals surface area contributed by atoms with E-state index in [0.717, 1.165) is 44.2 Å². The van der Waals surface area contributed by atoms with Crippen LogP contribution in [0.5, 0.6) is 5.75 Å². The van der Waals surface area contributed by atoms with Gasteiger partial charge in [-0.25, -0.2) is 0 Å². The van der Waals surface area contributed by atoms with Crippen LogP contribution in [0.15, 0.2) is 24.3 Å². The summed E-state index contributed by atoms with van der Waals surface area (Å²) in [5, 5.41) is 3.19. The lowest BCUT2D eigenvalue weighted by atomic mass is 9.93. The molecule has 1 heterocycles. The van der Waals surface area contributed by atoms with E-state index >= 15 is 0 Å². The number of likely N-dealkylation sites (tertiary alicyclic amines) is 1. The van der Waals surface area contributed by atoms with Crippen LogP contribution in [0.4, 0.5) is 13.2 Å². The van der Waals surface area contributed by atoms with E-state index in [0.29, 0.717) is 12.4 Å². The predicted molar refractivity (Wildman–Crippen MR) is 84.6 cm³/mol. The maximum Gasteiger partial charge on any atom is 0.416 e. The molecule has 0 unspecified atom stereocenters. The van der Waals surface area contributed by atoms with Gasteiger partial charge in [0.05, 0.1) is 5.56 Å². The van der Waals surface area contributed by atoms with E-state index < -0.39 is 11.7 Å². The Bertz CT molecular complexity index is 454. The fraction of sp³-hybridized carbons (Fsp3) is 0.647. The van der Waals surface area contributed by atoms with Crippen LogP contribution in [0.1, 0.15) is 24.8 Å². The predicted octanol–water partition coefficient (Wildman–Crippen LogP) is 3.41. The molecule has 0 amide bonds. The van der Waals surface area contributed by atoms with Crippen molar-refractivity contribution in [2.24, 2.45) is 5.92 Å². The molecule has 0 spiro atoms. The first kappa shape index (κ1) is 18.1. The number of hydrogen-bond donors (Lipinski definition) is 1. The maximum absolute atomic E-state index is 12.5. The number of benzene rings is 1. The fourth-order valence-electron chi connectivity index (χ4n) is 2.88. The lowest BCUT2D eigenvalue weighted by molar-refractivity contribution is -0.137. The molecule has 0 radical (unpaired) electrons. The Morgan fingerprint density at radius 3 is 2.39 bits per heavy atom. The van der Waals surface area contributed by atoms with Gasteiger partial charge in [0.2, 0.25) is 0 Å². The van der Waals surface area contributed by atoms with Gasteiger partial charge in [-0.05, 0) is 76.1 Å². The highest BCUT2D eigenvalue weighted by molar-refractivity contribution is 5.28. The van der Waals surface area contributed by atoms with Gasteiger partial charge in [0.25, 0.3) is 0 Å². The number of nitrogens with one attached hydrogen (secondary N) is 1. The highest BCUT2D eigenvalue weighted by atomic mass is 19.4. The Kier molecular flexibility index (Phi) is 6.72. The molecular formula is C17H25F3N2O. The van der Waals surface area contributed by atoms with Crippen molar-refractivity contribution in [3.63, 3.8) is 0 Å². The first-order valence-corrected chi connectivity index (χ1v) is 8.16. The monoisotopic (exact) mass is 330 g/mol. The number of alkyl halides is 3. The van der Waals surface area contributed by atoms with E-state index in [1.165, 1.54) is 31.4 Å². The first-order valence-electron chi connectivity index (χ1n) is 8.16. The summed E-state index contributed by atoms with van der Waals surface area (Å²) in [6.45, 7) is 4.55. The van der Waals surface area contributed by atoms with Gasteiger partial charge in [-0.1, -0.05) is 0 Å². The molecular weight excluding hydrogens is 305 g/mol. The zero-order valence-corrected chi connectivity index (χ0v) is 13.5. The summed E-state index contributed by atoms with van der Waals surface area (Å²) in [5.74, 6) is 1.29. The molecule has 0 atom stereocenters. The van der Waals surface area contributed by atoms with Crippen LogP contribution >= 0.6 is 0 Å². The summed E-state index contributed by atoms with van der Waals surface area (Å²) in [4.78, 5) is 2.36. The smallest absolute Gasteiger partial charge is 0.416 e. The molecule has 0 bridgehead atoms. The SMILES string of the molecule is CNCCC1CCN(CCOc2ccc(C(F)(F)F)cc2)CC1. The molecule has 2 rings (SSSR count). The summed E-state index contributed by atoms with van der Waals surface area (Å²) >= 11 is 0. The molecule has 130 valence electrons. The summed E-state index contributed by atoms with van der Waals surface area (Å²) in [7, 11) is 1.98. The number of nitrogens with zero attached hydrogens (tertiary/aromatic N) is 1. The average molecular weight is 330 g/mol. The molecule has 0 saturated carbocycles. The van der Waals surface area contributed by atoms with Crippen molar-refractivity contribution >= 4 is 0 Å². The molecule has 23 heavy (non-hydrogen) atoms. The van der Waals surface area contributed by atoms with Gasteiger partial charge in [-0.15, -0.1) is 0 Å². The van der Waals surface area contributed by atoms with Crippen molar-refractivity contribution in [3.05, 3.63) is 29.8 Å². The average Bonchev–Trinajstić information content (AvgIpc) is 2.54. The van der Waals surface area contributed by atoms with Crippen molar-refractivity contribution in [3.8, 4) is 5.75 Å². The van der Waals surface area contributed by atoms with Crippen LogP contribution in [0.3, 0.4) is 0 Å². The van der Waals surface area contributed by atoms with E-state index in [1.54, 1.807) is 0 Å². The van der Waals surface area contributed by atoms with E-state index in [-0.39, 0.29) is 0 Å². The van der Waals surface area contributed by atoms with Crippen LogP contribution < -0.4 is 10.1 Å². The maximum atomic E-state index is 12.5. The largest absolute Gasteiger partial charge is 0.492 e. The minimum absolute atomic E-state index is 0.488. The molecule has 1 fully saturated rings. The quantitative estimate of drug-likeness (QED) is 0.829. The van der Waals surface area contributed by atoms with Crippen molar-refractivity contribution in [2.75, 3.05) is 39.8 Å². The lowest BCUT2D eigenvalue weighted by Crippen LogP contribution is -2.37. The standard InChI is InChI=1S/C17H25F3N2O/c1-21-9-6-14-7-10-22(11-8-14)12-13-23-16-4-2-15(3-5-16)17(18,19)20/h2-5,14,21H,6-13H2,1H3. The summed E-state index contributed by atoms with van der Waals surface area (Å²) in [5.41, 5.74) is -0.645. The minimum Gasteiger partial charge on any atom is -0.492 e. The van der Waals surface area contributed by atoms with E-state index in [4.69, 9.17) is 4.74 Å². The van der Waals surface area contributed by atoms with Gasteiger partial charge < -0.3 is 10.1 Å². The Labute approximate surface area is 135 Å². The zero-order chi connectivity index (χ0) is 16.7. The first-order chi connectivity index (χ1) is 11.0. The van der Waals surface area contributed by atoms with Crippen LogP contribution in [0.2, 0.25) is 0 Å². The summed E-state index contributed by atoms with van der Waals surface area (Å²) < 4.78 is 43.0. The molecule has 0 aromatic heterocycles. The number of rotatable bonds is 7. The number of hydrogen-bond acceptors (Lipinski definition) is 3. The minimum atomic E-state index is -4.30. The molecule has 1 aromatic carbocycles. The van der Waals surface area contributed by atoms with Gasteiger partial charge in [0.1, 0.15) is 12.4 Å². The van der Waals surface area contributed by atoms with Gasteiger partial charge in [-0.2, -0.15) is 13.2 Å². The fourth-order valence-corrected chi connectivity index (χ4v) is 2.88. The van der Waals surface area contributed by atoms with Gasteiger partial charge in [-0.3, -0.25) is 4.90 Å². The van der Waals surface area contributed by atoms with Crippen molar-refractivity contribution in [1.82, 2.24) is 10.2 Å². The van der Waals surface area contributed by atoms with Crippen LogP contribution in [0, 0.1) is 5.92 Å². The third-order valence-electron chi connectivity index (χ3n) is 4.37. The van der Waals surface area contributed by atoms with E-state index in [1.807, 2.05) is 7.05 Å². The van der Waals surface area contributed by atoms with E-state index in [9.17, 15) is 13.2 Å². The third-order valence-corrected chi connectivity index (χ3v) is 4.37. The third kappa shape index (κ3) is 6.03. The normalized spacial score (nSPS) is 17.4. The summed E-state index contributed by atoms with van der Waals surface area (Å²) in [6, 6.07) is 4.88. The van der Waals surface area contributed by atoms with Crippen molar-refractivity contribution < 1.29 is 17.9 Å². The molecule has 1 aliphatic rings. The second-order valence-electron chi connectivity index (χ2n) is 6.05. The van der Waals surface area contributed by atoms with Gasteiger partial charge >= 0.3 is 6.18 Å². The Morgan fingerprint density at radius 1 is 1.17 bits per heavy atom. The van der Waals surface area contributed by atoms with Crippen LogP contribution in [-0.4, -0.2) is 44.7 Å². The van der Waals surface area contributed by atoms with Crippen molar-refractivity contribution in [2.45, 2.75) is 25.4 Å². The molecule has 1 aromatic rings. The van der Waals surface area contributed by atoms with Crippen LogP contribution in [0.25, 0.3) is 0 Å². The molecule has 1 aliphatic heterocycles. The molecule has 6 heteroatoms. The second kappa shape index (κ2) is 8.55. The molecule has 1 saturated heterocycles.